The number of hydrogen-bond acceptors (Lipinski definition) is 4. The zero-order valence-electron chi connectivity index (χ0n) is 22.4. The number of hydrogen-bond donors (Lipinski definition) is 1. The second-order valence-electron chi connectivity index (χ2n) is 14.7. The molecule has 4 nitrogen and oxygen atoms in total. The van der Waals surface area contributed by atoms with Gasteiger partial charge in [-0.25, -0.2) is 0 Å². The fraction of sp³-hybridized carbons (Fsp3) is 0.933. The second kappa shape index (κ2) is 8.32. The monoisotopic (exact) mass is 471 g/mol. The van der Waals surface area contributed by atoms with E-state index in [1.807, 2.05) is 0 Å². The largest absolute Gasteiger partial charge is 0.461 e. The Hall–Kier alpha value is -0.900. The number of rotatable bonds is 4. The smallest absolute Gasteiger partial charge is 0.307 e. The fourth-order valence-electron chi connectivity index (χ4n) is 10.6. The Balaban J connectivity index is 1.32. The lowest BCUT2D eigenvalue weighted by molar-refractivity contribution is -0.192. The Morgan fingerprint density at radius 1 is 0.912 bits per heavy atom. The van der Waals surface area contributed by atoms with Gasteiger partial charge in [0, 0.05) is 11.5 Å². The van der Waals surface area contributed by atoms with Crippen molar-refractivity contribution in [3.63, 3.8) is 0 Å². The van der Waals surface area contributed by atoms with Crippen LogP contribution in [0.15, 0.2) is 0 Å². The van der Waals surface area contributed by atoms with Crippen LogP contribution in [0, 0.1) is 51.2 Å². The highest BCUT2D eigenvalue weighted by molar-refractivity contribution is 5.75. The molecule has 192 valence electrons. The van der Waals surface area contributed by atoms with Crippen LogP contribution < -0.4 is 5.73 Å². The summed E-state index contributed by atoms with van der Waals surface area (Å²) in [5.41, 5.74) is 7.53. The van der Waals surface area contributed by atoms with Gasteiger partial charge in [0.15, 0.2) is 0 Å². The minimum Gasteiger partial charge on any atom is -0.461 e. The summed E-state index contributed by atoms with van der Waals surface area (Å²) in [6, 6.07) is -0.0891. The highest BCUT2D eigenvalue weighted by Crippen LogP contribution is 2.71. The maximum absolute atomic E-state index is 12.6. The molecule has 5 fully saturated rings. The zero-order valence-corrected chi connectivity index (χ0v) is 22.4. The van der Waals surface area contributed by atoms with E-state index in [0.29, 0.717) is 16.7 Å². The molecule has 4 heteroatoms. The van der Waals surface area contributed by atoms with E-state index in [-0.39, 0.29) is 30.0 Å². The van der Waals surface area contributed by atoms with E-state index in [4.69, 9.17) is 10.5 Å². The van der Waals surface area contributed by atoms with E-state index in [0.717, 1.165) is 42.8 Å². The van der Waals surface area contributed by atoms with Crippen molar-refractivity contribution in [1.29, 1.82) is 0 Å². The Kier molecular flexibility index (Phi) is 6.06. The Bertz CT molecular complexity index is 824. The van der Waals surface area contributed by atoms with Gasteiger partial charge in [0.05, 0.1) is 6.42 Å². The lowest BCUT2D eigenvalue weighted by Gasteiger charge is -2.67. The molecule has 5 rings (SSSR count). The summed E-state index contributed by atoms with van der Waals surface area (Å²) in [5.74, 6) is 3.68. The lowest BCUT2D eigenvalue weighted by atomic mass is 9.38. The molecule has 0 aromatic rings. The maximum Gasteiger partial charge on any atom is 0.307 e. The molecule has 0 aromatic carbocycles. The molecule has 5 aliphatic carbocycles. The first-order chi connectivity index (χ1) is 15.9. The highest BCUT2D eigenvalue weighted by Gasteiger charge is 2.64. The van der Waals surface area contributed by atoms with Crippen molar-refractivity contribution in [2.24, 2.45) is 57.0 Å². The van der Waals surface area contributed by atoms with Gasteiger partial charge in [0.2, 0.25) is 0 Å². The van der Waals surface area contributed by atoms with Crippen LogP contribution in [0.3, 0.4) is 0 Å². The normalized spacial score (nSPS) is 50.4. The van der Waals surface area contributed by atoms with Gasteiger partial charge in [-0.2, -0.15) is 0 Å². The van der Waals surface area contributed by atoms with Gasteiger partial charge in [0.1, 0.15) is 12.4 Å². The molecule has 5 aliphatic rings. The van der Waals surface area contributed by atoms with Gasteiger partial charge in [-0.15, -0.1) is 0 Å². The van der Waals surface area contributed by atoms with Gasteiger partial charge in [-0.05, 0) is 110 Å². The molecular formula is C30H49NO3. The number of nitrogens with two attached hydrogens (primary N) is 1. The molecular weight excluding hydrogens is 422 g/mol. The molecule has 0 spiro atoms. The maximum atomic E-state index is 12.6. The first-order valence-electron chi connectivity index (χ1n) is 14.3. The average molecular weight is 472 g/mol. The van der Waals surface area contributed by atoms with Crippen molar-refractivity contribution < 1.29 is 14.3 Å². The molecule has 0 radical (unpaired) electrons. The molecule has 0 bridgehead atoms. The van der Waals surface area contributed by atoms with Crippen molar-refractivity contribution in [3.05, 3.63) is 0 Å². The van der Waals surface area contributed by atoms with Gasteiger partial charge < -0.3 is 15.3 Å². The van der Waals surface area contributed by atoms with E-state index in [1.165, 1.54) is 57.8 Å². The van der Waals surface area contributed by atoms with Crippen LogP contribution in [0.4, 0.5) is 0 Å². The summed E-state index contributed by atoms with van der Waals surface area (Å²) in [6.45, 7) is 11.4. The van der Waals surface area contributed by atoms with Gasteiger partial charge in [-0.3, -0.25) is 4.79 Å². The summed E-state index contributed by atoms with van der Waals surface area (Å²) in [7, 11) is 0. The number of fused-ring (bicyclic) bond motifs is 7. The minimum atomic E-state index is -0.676. The van der Waals surface area contributed by atoms with E-state index < -0.39 is 5.41 Å². The highest BCUT2D eigenvalue weighted by atomic mass is 16.5. The van der Waals surface area contributed by atoms with Crippen molar-refractivity contribution in [2.45, 2.75) is 124 Å². The molecule has 2 N–H and O–H groups in total. The summed E-state index contributed by atoms with van der Waals surface area (Å²) in [6.07, 6.45) is 15.2. The molecule has 10 atom stereocenters. The average Bonchev–Trinajstić information content (AvgIpc) is 3.17. The van der Waals surface area contributed by atoms with Crippen LogP contribution in [0.5, 0.6) is 0 Å². The third kappa shape index (κ3) is 3.71. The van der Waals surface area contributed by atoms with Crippen molar-refractivity contribution >= 4 is 12.3 Å². The zero-order chi connectivity index (χ0) is 24.5. The summed E-state index contributed by atoms with van der Waals surface area (Å²) in [4.78, 5) is 23.8. The number of aldehydes is 1. The Labute approximate surface area is 207 Å². The molecule has 0 amide bonds. The van der Waals surface area contributed by atoms with E-state index in [9.17, 15) is 9.59 Å². The molecule has 10 unspecified atom stereocenters. The molecule has 0 heterocycles. The van der Waals surface area contributed by atoms with Gasteiger partial charge >= 0.3 is 5.97 Å². The first-order valence-corrected chi connectivity index (χ1v) is 14.3. The van der Waals surface area contributed by atoms with Crippen LogP contribution in [-0.2, 0) is 14.3 Å². The third-order valence-electron chi connectivity index (χ3n) is 12.4. The number of carbonyl (C=O) groups is 2. The summed E-state index contributed by atoms with van der Waals surface area (Å²) >= 11 is 0. The SMILES string of the molecule is CC(C)(C=O)CC(=O)OC1CCC2(C)C(CCC3(C)C4CCC5(C)CCCC5C4CCC23)C1N. The van der Waals surface area contributed by atoms with Gasteiger partial charge in [0.25, 0.3) is 0 Å². The van der Waals surface area contributed by atoms with Crippen LogP contribution in [0.1, 0.15) is 112 Å². The van der Waals surface area contributed by atoms with Crippen molar-refractivity contribution in [2.75, 3.05) is 0 Å². The standard InChI is InChI=1S/C30H49NO3/c1-27(2,18-32)17-25(33)34-23-12-16-30(5)22(26(23)31)11-15-29(4)21-10-14-28(3)13-6-7-20(28)19(21)8-9-24(29)30/h18-24,26H,6-17,31H2,1-5H3. The van der Waals surface area contributed by atoms with Crippen LogP contribution >= 0.6 is 0 Å². The molecule has 34 heavy (non-hydrogen) atoms. The summed E-state index contributed by atoms with van der Waals surface area (Å²) in [5, 5.41) is 0. The van der Waals surface area contributed by atoms with Crippen LogP contribution in [0.2, 0.25) is 0 Å². The summed E-state index contributed by atoms with van der Waals surface area (Å²) < 4.78 is 5.92. The van der Waals surface area contributed by atoms with Crippen molar-refractivity contribution in [1.82, 2.24) is 0 Å². The number of esters is 1. The molecule has 0 aromatic heterocycles. The first kappa shape index (κ1) is 24.8. The number of ether oxygens (including phenoxy) is 1. The second-order valence-corrected chi connectivity index (χ2v) is 14.7. The van der Waals surface area contributed by atoms with Crippen LogP contribution in [-0.4, -0.2) is 24.4 Å². The molecule has 5 saturated carbocycles. The molecule has 0 saturated heterocycles. The topological polar surface area (TPSA) is 69.4 Å². The predicted molar refractivity (Wildman–Crippen MR) is 135 cm³/mol. The van der Waals surface area contributed by atoms with Crippen molar-refractivity contribution in [3.8, 4) is 0 Å². The third-order valence-corrected chi connectivity index (χ3v) is 12.4. The van der Waals surface area contributed by atoms with Crippen LogP contribution in [0.25, 0.3) is 0 Å². The Morgan fingerprint density at radius 2 is 1.59 bits per heavy atom. The number of carbonyl (C=O) groups excluding carboxylic acids is 2. The Morgan fingerprint density at radius 3 is 2.32 bits per heavy atom. The lowest BCUT2D eigenvalue weighted by Crippen LogP contribution is -2.64. The predicted octanol–water partition coefficient (Wildman–Crippen LogP) is 6.30. The minimum absolute atomic E-state index is 0.0891. The quantitative estimate of drug-likeness (QED) is 0.386. The fourth-order valence-corrected chi connectivity index (χ4v) is 10.6. The van der Waals surface area contributed by atoms with E-state index in [2.05, 4.69) is 20.8 Å². The van der Waals surface area contributed by atoms with Gasteiger partial charge in [-0.1, -0.05) is 41.0 Å². The molecule has 0 aliphatic heterocycles. The van der Waals surface area contributed by atoms with E-state index in [1.54, 1.807) is 13.8 Å². The van der Waals surface area contributed by atoms with E-state index >= 15 is 0 Å².